The Kier molecular flexibility index (Phi) is 7.87. The molecule has 0 spiro atoms. The summed E-state index contributed by atoms with van der Waals surface area (Å²) in [7, 11) is -1.05. The lowest BCUT2D eigenvalue weighted by atomic mass is 9.64. The number of rotatable bonds is 8. The number of nitrogens with two attached hydrogens (primary N) is 1. The van der Waals surface area contributed by atoms with Gasteiger partial charge < -0.3 is 20.7 Å². The third-order valence-electron chi connectivity index (χ3n) is 6.27. The van der Waals surface area contributed by atoms with Gasteiger partial charge in [-0.3, -0.25) is 9.59 Å². The van der Waals surface area contributed by atoms with Gasteiger partial charge in [0, 0.05) is 37.8 Å². The minimum Gasteiger partial charge on any atom is -0.535 e. The fourth-order valence-electron chi connectivity index (χ4n) is 4.71. The van der Waals surface area contributed by atoms with Crippen molar-refractivity contribution in [2.24, 2.45) is 11.7 Å². The number of Topliss-reactive ketones (excluding diaryl/α,β-unsaturated/α-hetero) is 2. The summed E-state index contributed by atoms with van der Waals surface area (Å²) in [5.41, 5.74) is 6.96. The van der Waals surface area contributed by atoms with E-state index in [1.165, 1.54) is 6.92 Å². The van der Waals surface area contributed by atoms with Crippen LogP contribution in [0.5, 0.6) is 5.75 Å². The molecule has 0 amide bonds. The monoisotopic (exact) mass is 400 g/mol. The summed E-state index contributed by atoms with van der Waals surface area (Å²) >= 11 is 0. The first-order valence-corrected chi connectivity index (χ1v) is 10.9. The van der Waals surface area contributed by atoms with Gasteiger partial charge in [-0.25, -0.2) is 0 Å². The summed E-state index contributed by atoms with van der Waals surface area (Å²) in [5, 5.41) is 13.9. The van der Waals surface area contributed by atoms with Gasteiger partial charge in [0.05, 0.1) is 5.56 Å². The average molecular weight is 400 g/mol. The van der Waals surface area contributed by atoms with Gasteiger partial charge in [0.25, 0.3) is 0 Å². The maximum absolute atomic E-state index is 12.7. The quantitative estimate of drug-likeness (QED) is 0.352. The van der Waals surface area contributed by atoms with Crippen LogP contribution >= 0.6 is 0 Å². The Bertz CT molecular complexity index is 727. The van der Waals surface area contributed by atoms with Crippen LogP contribution in [0.3, 0.4) is 0 Å². The van der Waals surface area contributed by atoms with Gasteiger partial charge in [-0.1, -0.05) is 18.6 Å². The van der Waals surface area contributed by atoms with Crippen LogP contribution in [0.25, 0.3) is 0 Å². The first-order chi connectivity index (χ1) is 14.0. The molecule has 1 heterocycles. The fourth-order valence-corrected chi connectivity index (χ4v) is 4.71. The molecule has 1 aromatic rings. The molecule has 29 heavy (non-hydrogen) atoms. The molecule has 2 unspecified atom stereocenters. The first kappa shape index (κ1) is 22.0. The molecule has 1 aromatic carbocycles. The van der Waals surface area contributed by atoms with E-state index in [1.54, 1.807) is 6.07 Å². The average Bonchev–Trinajstić information content (AvgIpc) is 2.91. The zero-order valence-electron chi connectivity index (χ0n) is 17.4. The van der Waals surface area contributed by atoms with E-state index >= 15 is 0 Å². The van der Waals surface area contributed by atoms with Crippen molar-refractivity contribution in [2.75, 3.05) is 13.1 Å². The number of hydrogen-bond acceptors (Lipinski definition) is 6. The van der Waals surface area contributed by atoms with E-state index in [1.807, 2.05) is 12.1 Å². The highest BCUT2D eigenvalue weighted by Gasteiger charge is 2.37. The zero-order valence-corrected chi connectivity index (χ0v) is 17.4. The molecule has 1 saturated carbocycles. The number of ketones is 2. The first-order valence-electron chi connectivity index (χ1n) is 10.9. The van der Waals surface area contributed by atoms with Gasteiger partial charge in [-0.2, -0.15) is 0 Å². The van der Waals surface area contributed by atoms with Crippen molar-refractivity contribution in [3.8, 4) is 5.75 Å². The van der Waals surface area contributed by atoms with Crippen LogP contribution in [-0.2, 0) is 11.2 Å². The summed E-state index contributed by atoms with van der Waals surface area (Å²) in [6.07, 6.45) is 6.96. The van der Waals surface area contributed by atoms with Crippen LogP contribution in [-0.4, -0.2) is 42.8 Å². The van der Waals surface area contributed by atoms with Crippen molar-refractivity contribution in [2.45, 2.75) is 70.1 Å². The number of para-hydroxylation sites is 1. The maximum Gasteiger partial charge on any atom is 0.526 e. The van der Waals surface area contributed by atoms with Crippen LogP contribution in [0, 0.1) is 5.92 Å². The van der Waals surface area contributed by atoms with Gasteiger partial charge in [-0.05, 0) is 56.6 Å². The molecule has 0 saturated heterocycles. The summed E-state index contributed by atoms with van der Waals surface area (Å²) < 4.78 is 5.66. The van der Waals surface area contributed by atoms with E-state index in [0.29, 0.717) is 49.1 Å². The predicted molar refractivity (Wildman–Crippen MR) is 114 cm³/mol. The number of nitrogens with one attached hydrogen (secondary N) is 1. The third kappa shape index (κ3) is 5.90. The molecule has 1 aliphatic carbocycles. The molecular weight excluding hydrogens is 367 g/mol. The second-order valence-electron chi connectivity index (χ2n) is 8.58. The second kappa shape index (κ2) is 10.4. The molecule has 3 rings (SSSR count). The maximum atomic E-state index is 12.7. The van der Waals surface area contributed by atoms with Crippen molar-refractivity contribution >= 4 is 18.7 Å². The molecular formula is C22H33BN2O4. The molecule has 0 aromatic heterocycles. The van der Waals surface area contributed by atoms with E-state index in [2.05, 4.69) is 5.32 Å². The lowest BCUT2D eigenvalue weighted by Gasteiger charge is -2.28. The summed E-state index contributed by atoms with van der Waals surface area (Å²) in [6, 6.07) is 5.96. The van der Waals surface area contributed by atoms with E-state index in [0.717, 1.165) is 44.2 Å². The molecule has 3 atom stereocenters. The molecule has 1 aliphatic heterocycles. The predicted octanol–water partition coefficient (Wildman–Crippen LogP) is 2.52. The molecule has 2 aliphatic rings. The summed E-state index contributed by atoms with van der Waals surface area (Å²) in [4.78, 5) is 24.5. The molecule has 0 bridgehead atoms. The Balaban J connectivity index is 1.53. The number of fused-ring (bicyclic) bond motifs is 1. The smallest absolute Gasteiger partial charge is 0.526 e. The van der Waals surface area contributed by atoms with Crippen molar-refractivity contribution in [3.05, 3.63) is 29.3 Å². The molecule has 6 nitrogen and oxygen atoms in total. The van der Waals surface area contributed by atoms with Gasteiger partial charge in [-0.15, -0.1) is 0 Å². The molecule has 0 radical (unpaired) electrons. The lowest BCUT2D eigenvalue weighted by molar-refractivity contribution is -0.120. The van der Waals surface area contributed by atoms with Crippen LogP contribution < -0.4 is 15.7 Å². The largest absolute Gasteiger partial charge is 0.535 e. The van der Waals surface area contributed by atoms with E-state index in [9.17, 15) is 14.6 Å². The molecule has 4 N–H and O–H groups in total. The van der Waals surface area contributed by atoms with E-state index < -0.39 is 7.12 Å². The number of carbonyl (C=O) groups is 2. The fraction of sp³-hybridized carbons (Fsp3) is 0.636. The minimum absolute atomic E-state index is 0.0869. The Morgan fingerprint density at radius 1 is 1.24 bits per heavy atom. The zero-order chi connectivity index (χ0) is 20.8. The van der Waals surface area contributed by atoms with Crippen molar-refractivity contribution in [1.82, 2.24) is 5.32 Å². The normalized spacial score (nSPS) is 24.4. The van der Waals surface area contributed by atoms with Gasteiger partial charge in [0.1, 0.15) is 11.5 Å². The van der Waals surface area contributed by atoms with Crippen molar-refractivity contribution in [1.29, 1.82) is 0 Å². The van der Waals surface area contributed by atoms with E-state index in [4.69, 9.17) is 10.4 Å². The summed E-state index contributed by atoms with van der Waals surface area (Å²) in [6.45, 7) is 2.99. The molecule has 1 fully saturated rings. The lowest BCUT2D eigenvalue weighted by Crippen LogP contribution is -2.36. The number of benzene rings is 1. The van der Waals surface area contributed by atoms with Gasteiger partial charge in [0.15, 0.2) is 5.78 Å². The highest BCUT2D eigenvalue weighted by Crippen LogP contribution is 2.37. The Morgan fingerprint density at radius 3 is 2.83 bits per heavy atom. The SMILES string of the molecule is CC(=O)c1cccc2c1OB(O)[C@@H](CC(=O)CC1CCCC(NCCN)CC1)C2. The second-order valence-corrected chi connectivity index (χ2v) is 8.58. The Morgan fingerprint density at radius 2 is 2.07 bits per heavy atom. The van der Waals surface area contributed by atoms with Gasteiger partial charge in [0.2, 0.25) is 0 Å². The number of hydrogen-bond donors (Lipinski definition) is 3. The number of carbonyl (C=O) groups excluding carboxylic acids is 2. The standard InChI is InChI=1S/C22H33BN2O4/c1-15(26)21-7-3-5-17-13-18(23(28)29-22(17)21)14-20(27)12-16-4-2-6-19(9-8-16)25-11-10-24/h3,5,7,16,18-19,25,28H,2,4,6,8-14,24H2,1H3/t16?,18-,19?/m1/s1. The van der Waals surface area contributed by atoms with Crippen LogP contribution in [0.15, 0.2) is 18.2 Å². The molecule has 158 valence electrons. The van der Waals surface area contributed by atoms with Crippen LogP contribution in [0.4, 0.5) is 0 Å². The Hall–Kier alpha value is -1.70. The van der Waals surface area contributed by atoms with Gasteiger partial charge >= 0.3 is 7.12 Å². The molecule has 7 heteroatoms. The van der Waals surface area contributed by atoms with Crippen molar-refractivity contribution in [3.63, 3.8) is 0 Å². The van der Waals surface area contributed by atoms with Crippen LogP contribution in [0.1, 0.15) is 67.8 Å². The topological polar surface area (TPSA) is 102 Å². The van der Waals surface area contributed by atoms with E-state index in [-0.39, 0.29) is 17.4 Å². The third-order valence-corrected chi connectivity index (χ3v) is 6.27. The highest BCUT2D eigenvalue weighted by atomic mass is 16.5. The minimum atomic E-state index is -1.05. The summed E-state index contributed by atoms with van der Waals surface area (Å²) in [5.74, 6) is 0.738. The Labute approximate surface area is 173 Å². The van der Waals surface area contributed by atoms with Crippen molar-refractivity contribution < 1.29 is 19.3 Å². The van der Waals surface area contributed by atoms with Crippen LogP contribution in [0.2, 0.25) is 5.82 Å². The highest BCUT2D eigenvalue weighted by molar-refractivity contribution is 6.47.